The molecule has 1 aliphatic heterocycles. The number of carbonyl (C=O) groups excluding carboxylic acids is 1. The van der Waals surface area contributed by atoms with Crippen molar-refractivity contribution in [3.05, 3.63) is 16.1 Å². The molecule has 1 saturated heterocycles. The van der Waals surface area contributed by atoms with E-state index in [1.165, 1.54) is 10.7 Å². The summed E-state index contributed by atoms with van der Waals surface area (Å²) in [7, 11) is 0. The number of likely N-dealkylation sites (tertiary alicyclic amines) is 1. The molecule has 0 spiro atoms. The molecule has 1 aliphatic rings. The third kappa shape index (κ3) is 3.79. The maximum atomic E-state index is 12.1. The van der Waals surface area contributed by atoms with E-state index in [-0.39, 0.29) is 11.9 Å². The fourth-order valence-electron chi connectivity index (χ4n) is 2.56. The molecule has 1 fully saturated rings. The maximum absolute atomic E-state index is 12.1. The van der Waals surface area contributed by atoms with E-state index in [4.69, 9.17) is 10.7 Å². The van der Waals surface area contributed by atoms with Gasteiger partial charge in [0.25, 0.3) is 0 Å². The lowest BCUT2D eigenvalue weighted by atomic mass is 9.98. The quantitative estimate of drug-likeness (QED) is 0.929. The molecular weight excluding hydrogens is 270 g/mol. The molecule has 0 radical (unpaired) electrons. The van der Waals surface area contributed by atoms with Crippen molar-refractivity contribution in [3.63, 3.8) is 0 Å². The van der Waals surface area contributed by atoms with Crippen LogP contribution in [0.15, 0.2) is 5.38 Å². The smallest absolute Gasteiger partial charge is 0.224 e. The maximum Gasteiger partial charge on any atom is 0.224 e. The monoisotopic (exact) mass is 295 g/mol. The number of aromatic nitrogens is 1. The summed E-state index contributed by atoms with van der Waals surface area (Å²) in [6.45, 7) is 7.88. The number of hydrogen-bond donors (Lipinski definition) is 1. The Kier molecular flexibility index (Phi) is 5.16. The van der Waals surface area contributed by atoms with E-state index < -0.39 is 0 Å². The zero-order valence-corrected chi connectivity index (χ0v) is 13.4. The average molecular weight is 295 g/mol. The van der Waals surface area contributed by atoms with Crippen LogP contribution < -0.4 is 5.73 Å². The SMILES string of the molecule is CC(N)CC(=O)N1CCCC(c2nc(C(C)C)cs2)C1. The number of nitrogens with zero attached hydrogens (tertiary/aromatic N) is 2. The van der Waals surface area contributed by atoms with Gasteiger partial charge in [-0.15, -0.1) is 11.3 Å². The van der Waals surface area contributed by atoms with Crippen molar-refractivity contribution in [2.24, 2.45) is 5.73 Å². The second-order valence-electron chi connectivity index (χ2n) is 6.13. The molecule has 0 aliphatic carbocycles. The summed E-state index contributed by atoms with van der Waals surface area (Å²) in [5.41, 5.74) is 6.89. The van der Waals surface area contributed by atoms with Crippen LogP contribution in [-0.4, -0.2) is 34.9 Å². The summed E-state index contributed by atoms with van der Waals surface area (Å²) >= 11 is 1.74. The van der Waals surface area contributed by atoms with Gasteiger partial charge in [-0.25, -0.2) is 4.98 Å². The van der Waals surface area contributed by atoms with Gasteiger partial charge in [0, 0.05) is 36.9 Å². The van der Waals surface area contributed by atoms with Gasteiger partial charge in [-0.1, -0.05) is 13.8 Å². The van der Waals surface area contributed by atoms with E-state index >= 15 is 0 Å². The molecule has 112 valence electrons. The van der Waals surface area contributed by atoms with Crippen molar-refractivity contribution in [2.75, 3.05) is 13.1 Å². The Morgan fingerprint density at radius 2 is 2.30 bits per heavy atom. The Labute approximate surface area is 125 Å². The third-order valence-corrected chi connectivity index (χ3v) is 4.78. The number of thiazole rings is 1. The molecule has 4 nitrogen and oxygen atoms in total. The summed E-state index contributed by atoms with van der Waals surface area (Å²) in [5.74, 6) is 1.06. The highest BCUT2D eigenvalue weighted by Crippen LogP contribution is 2.31. The minimum atomic E-state index is -0.0599. The normalized spacial score (nSPS) is 21.2. The van der Waals surface area contributed by atoms with E-state index in [1.54, 1.807) is 11.3 Å². The molecule has 0 saturated carbocycles. The van der Waals surface area contributed by atoms with Crippen LogP contribution in [0.1, 0.15) is 62.6 Å². The summed E-state index contributed by atoms with van der Waals surface area (Å²) in [5, 5.41) is 3.34. The topological polar surface area (TPSA) is 59.2 Å². The predicted octanol–water partition coefficient (Wildman–Crippen LogP) is 2.71. The van der Waals surface area contributed by atoms with Crippen molar-refractivity contribution in [1.29, 1.82) is 0 Å². The van der Waals surface area contributed by atoms with Crippen molar-refractivity contribution in [1.82, 2.24) is 9.88 Å². The lowest BCUT2D eigenvalue weighted by Crippen LogP contribution is -2.41. The second kappa shape index (κ2) is 6.68. The van der Waals surface area contributed by atoms with Gasteiger partial charge < -0.3 is 10.6 Å². The molecule has 0 aromatic carbocycles. The lowest BCUT2D eigenvalue weighted by molar-refractivity contribution is -0.132. The van der Waals surface area contributed by atoms with Crippen molar-refractivity contribution in [2.45, 2.75) is 57.9 Å². The molecule has 2 heterocycles. The van der Waals surface area contributed by atoms with Gasteiger partial charge in [0.1, 0.15) is 0 Å². The van der Waals surface area contributed by atoms with Crippen LogP contribution in [0.4, 0.5) is 0 Å². The Morgan fingerprint density at radius 3 is 2.90 bits per heavy atom. The first-order valence-corrected chi connectivity index (χ1v) is 8.34. The van der Waals surface area contributed by atoms with Crippen LogP contribution in [0.3, 0.4) is 0 Å². The number of amides is 1. The second-order valence-corrected chi connectivity index (χ2v) is 7.02. The first kappa shape index (κ1) is 15.4. The Bertz CT molecular complexity index is 456. The van der Waals surface area contributed by atoms with Gasteiger partial charge in [0.15, 0.2) is 0 Å². The molecular formula is C15H25N3OS. The summed E-state index contributed by atoms with van der Waals surface area (Å²) < 4.78 is 0. The zero-order chi connectivity index (χ0) is 14.7. The molecule has 1 aromatic rings. The van der Waals surface area contributed by atoms with Gasteiger partial charge in [0.05, 0.1) is 10.7 Å². The largest absolute Gasteiger partial charge is 0.342 e. The molecule has 2 N–H and O–H groups in total. The zero-order valence-electron chi connectivity index (χ0n) is 12.6. The molecule has 2 rings (SSSR count). The van der Waals surface area contributed by atoms with Crippen LogP contribution in [0.2, 0.25) is 0 Å². The van der Waals surface area contributed by atoms with Gasteiger partial charge in [-0.05, 0) is 25.7 Å². The number of carbonyl (C=O) groups is 1. The molecule has 2 unspecified atom stereocenters. The van der Waals surface area contributed by atoms with E-state index in [1.807, 2.05) is 11.8 Å². The Balaban J connectivity index is 2.00. The highest BCUT2D eigenvalue weighted by molar-refractivity contribution is 7.09. The van der Waals surface area contributed by atoms with Gasteiger partial charge >= 0.3 is 0 Å². The van der Waals surface area contributed by atoms with E-state index in [0.717, 1.165) is 25.9 Å². The van der Waals surface area contributed by atoms with Gasteiger partial charge in [-0.3, -0.25) is 4.79 Å². The first-order chi connectivity index (χ1) is 9.47. The predicted molar refractivity (Wildman–Crippen MR) is 83.0 cm³/mol. The first-order valence-electron chi connectivity index (χ1n) is 7.46. The Morgan fingerprint density at radius 1 is 1.55 bits per heavy atom. The highest BCUT2D eigenvalue weighted by atomic mass is 32.1. The number of rotatable bonds is 4. The summed E-state index contributed by atoms with van der Waals surface area (Å²) in [4.78, 5) is 18.8. The summed E-state index contributed by atoms with van der Waals surface area (Å²) in [6, 6.07) is -0.0599. The molecule has 2 atom stereocenters. The molecule has 1 aromatic heterocycles. The number of nitrogens with two attached hydrogens (primary N) is 1. The lowest BCUT2D eigenvalue weighted by Gasteiger charge is -2.32. The highest BCUT2D eigenvalue weighted by Gasteiger charge is 2.27. The van der Waals surface area contributed by atoms with Crippen LogP contribution in [-0.2, 0) is 4.79 Å². The van der Waals surface area contributed by atoms with Crippen LogP contribution in [0.5, 0.6) is 0 Å². The third-order valence-electron chi connectivity index (χ3n) is 3.75. The molecule has 0 bridgehead atoms. The average Bonchev–Trinajstić information content (AvgIpc) is 2.88. The van der Waals surface area contributed by atoms with E-state index in [0.29, 0.717) is 18.3 Å². The van der Waals surface area contributed by atoms with Gasteiger partial charge in [0.2, 0.25) is 5.91 Å². The summed E-state index contributed by atoms with van der Waals surface area (Å²) in [6.07, 6.45) is 2.64. The fourth-order valence-corrected chi connectivity index (χ4v) is 3.67. The van der Waals surface area contributed by atoms with Crippen LogP contribution >= 0.6 is 11.3 Å². The van der Waals surface area contributed by atoms with Crippen molar-refractivity contribution < 1.29 is 4.79 Å². The fraction of sp³-hybridized carbons (Fsp3) is 0.733. The van der Waals surface area contributed by atoms with E-state index in [9.17, 15) is 4.79 Å². The Hall–Kier alpha value is -0.940. The van der Waals surface area contributed by atoms with E-state index in [2.05, 4.69) is 19.2 Å². The van der Waals surface area contributed by atoms with Crippen LogP contribution in [0.25, 0.3) is 0 Å². The van der Waals surface area contributed by atoms with Gasteiger partial charge in [-0.2, -0.15) is 0 Å². The number of piperidine rings is 1. The van der Waals surface area contributed by atoms with Crippen molar-refractivity contribution >= 4 is 17.2 Å². The molecule has 5 heteroatoms. The number of hydrogen-bond acceptors (Lipinski definition) is 4. The minimum absolute atomic E-state index is 0.0599. The van der Waals surface area contributed by atoms with Crippen LogP contribution in [0, 0.1) is 0 Å². The molecule has 1 amide bonds. The van der Waals surface area contributed by atoms with Crippen molar-refractivity contribution in [3.8, 4) is 0 Å². The minimum Gasteiger partial charge on any atom is -0.342 e. The standard InChI is InChI=1S/C15H25N3OS/c1-10(2)13-9-20-15(17-13)12-5-4-6-18(8-12)14(19)7-11(3)16/h9-12H,4-8,16H2,1-3H3. The molecule has 20 heavy (non-hydrogen) atoms.